The number of hydrogen-bond donors (Lipinski definition) is 2. The smallest absolute Gasteiger partial charge is 0.307 e. The van der Waals surface area contributed by atoms with Gasteiger partial charge in [-0.1, -0.05) is 12.1 Å². The number of carbonyl (C=O) groups is 2. The van der Waals surface area contributed by atoms with Gasteiger partial charge in [-0.3, -0.25) is 9.59 Å². The molecule has 0 aliphatic heterocycles. The highest BCUT2D eigenvalue weighted by Gasteiger charge is 2.15. The van der Waals surface area contributed by atoms with Crippen LogP contribution in [0.15, 0.2) is 30.3 Å². The number of thiophene rings is 1. The van der Waals surface area contributed by atoms with E-state index in [1.165, 1.54) is 9.75 Å². The van der Waals surface area contributed by atoms with Crippen LogP contribution >= 0.6 is 11.3 Å². The van der Waals surface area contributed by atoms with Crippen LogP contribution < -0.4 is 5.32 Å². The zero-order chi connectivity index (χ0) is 16.3. The highest BCUT2D eigenvalue weighted by molar-refractivity contribution is 7.12. The summed E-state index contributed by atoms with van der Waals surface area (Å²) in [6, 6.07) is 8.74. The predicted octanol–water partition coefficient (Wildman–Crippen LogP) is 3.48. The maximum Gasteiger partial charge on any atom is 0.307 e. The molecule has 1 aromatic carbocycles. The van der Waals surface area contributed by atoms with Crippen LogP contribution in [0.25, 0.3) is 0 Å². The normalized spacial score (nSPS) is 12.0. The van der Waals surface area contributed by atoms with Crippen molar-refractivity contribution in [2.75, 3.05) is 0 Å². The molecule has 0 spiro atoms. The molecule has 5 heteroatoms. The first kappa shape index (κ1) is 16.2. The molecule has 1 atom stereocenters. The molecule has 1 heterocycles. The van der Waals surface area contributed by atoms with E-state index in [9.17, 15) is 9.59 Å². The largest absolute Gasteiger partial charge is 0.481 e. The standard InChI is InChI=1S/C17H19NO3S/c1-10-7-15(12(3)22-10)11(2)18-17(21)14-6-4-5-13(8-14)9-16(19)20/h4-8,11H,9H2,1-3H3,(H,18,21)(H,19,20). The summed E-state index contributed by atoms with van der Waals surface area (Å²) < 4.78 is 0. The minimum absolute atomic E-state index is 0.0828. The zero-order valence-electron chi connectivity index (χ0n) is 12.8. The Hall–Kier alpha value is -2.14. The second-order valence-corrected chi connectivity index (χ2v) is 6.80. The second-order valence-electron chi connectivity index (χ2n) is 5.33. The van der Waals surface area contributed by atoms with Crippen molar-refractivity contribution in [3.8, 4) is 0 Å². The number of hydrogen-bond acceptors (Lipinski definition) is 3. The summed E-state index contributed by atoms with van der Waals surface area (Å²) in [5, 5.41) is 11.8. The monoisotopic (exact) mass is 317 g/mol. The Bertz CT molecular complexity index is 706. The van der Waals surface area contributed by atoms with E-state index in [1.807, 2.05) is 20.8 Å². The van der Waals surface area contributed by atoms with Crippen molar-refractivity contribution in [1.29, 1.82) is 0 Å². The van der Waals surface area contributed by atoms with Crippen molar-refractivity contribution in [1.82, 2.24) is 5.32 Å². The summed E-state index contributed by atoms with van der Waals surface area (Å²) in [4.78, 5) is 25.5. The van der Waals surface area contributed by atoms with Gasteiger partial charge in [-0.05, 0) is 50.1 Å². The van der Waals surface area contributed by atoms with Crippen LogP contribution in [0.5, 0.6) is 0 Å². The molecule has 0 radical (unpaired) electrons. The van der Waals surface area contributed by atoms with E-state index < -0.39 is 5.97 Å². The van der Waals surface area contributed by atoms with Crippen molar-refractivity contribution >= 4 is 23.2 Å². The first-order valence-corrected chi connectivity index (χ1v) is 7.87. The molecule has 0 bridgehead atoms. The minimum Gasteiger partial charge on any atom is -0.481 e. The van der Waals surface area contributed by atoms with E-state index in [4.69, 9.17) is 5.11 Å². The summed E-state index contributed by atoms with van der Waals surface area (Å²) in [6.45, 7) is 6.04. The molecule has 1 unspecified atom stereocenters. The number of aryl methyl sites for hydroxylation is 2. The van der Waals surface area contributed by atoms with Gasteiger partial charge in [-0.15, -0.1) is 11.3 Å². The molecule has 2 aromatic rings. The van der Waals surface area contributed by atoms with E-state index in [-0.39, 0.29) is 18.4 Å². The van der Waals surface area contributed by atoms with Gasteiger partial charge in [-0.2, -0.15) is 0 Å². The van der Waals surface area contributed by atoms with Gasteiger partial charge >= 0.3 is 5.97 Å². The molecular formula is C17H19NO3S. The summed E-state index contributed by atoms with van der Waals surface area (Å²) in [7, 11) is 0. The molecule has 0 fully saturated rings. The third-order valence-electron chi connectivity index (χ3n) is 3.44. The number of rotatable bonds is 5. The lowest BCUT2D eigenvalue weighted by Crippen LogP contribution is -2.26. The molecule has 22 heavy (non-hydrogen) atoms. The first-order valence-electron chi connectivity index (χ1n) is 7.05. The number of carbonyl (C=O) groups excluding carboxylic acids is 1. The van der Waals surface area contributed by atoms with Crippen molar-refractivity contribution in [2.45, 2.75) is 33.2 Å². The van der Waals surface area contributed by atoms with Gasteiger partial charge in [-0.25, -0.2) is 0 Å². The Kier molecular flexibility index (Phi) is 4.98. The van der Waals surface area contributed by atoms with Crippen molar-refractivity contribution in [3.63, 3.8) is 0 Å². The zero-order valence-corrected chi connectivity index (χ0v) is 13.7. The van der Waals surface area contributed by atoms with Crippen LogP contribution in [-0.4, -0.2) is 17.0 Å². The fourth-order valence-corrected chi connectivity index (χ4v) is 3.46. The highest BCUT2D eigenvalue weighted by atomic mass is 32.1. The molecule has 0 aliphatic carbocycles. The maximum absolute atomic E-state index is 12.3. The Morgan fingerprint density at radius 3 is 2.59 bits per heavy atom. The Morgan fingerprint density at radius 2 is 2.00 bits per heavy atom. The quantitative estimate of drug-likeness (QED) is 0.887. The van der Waals surface area contributed by atoms with E-state index in [0.717, 1.165) is 5.56 Å². The molecular weight excluding hydrogens is 298 g/mol. The minimum atomic E-state index is -0.907. The van der Waals surface area contributed by atoms with E-state index in [0.29, 0.717) is 11.1 Å². The molecule has 0 saturated carbocycles. The van der Waals surface area contributed by atoms with Crippen molar-refractivity contribution in [3.05, 3.63) is 56.8 Å². The summed E-state index contributed by atoms with van der Waals surface area (Å²) in [5.41, 5.74) is 2.23. The van der Waals surface area contributed by atoms with Crippen LogP contribution in [0.3, 0.4) is 0 Å². The SMILES string of the molecule is Cc1cc(C(C)NC(=O)c2cccc(CC(=O)O)c2)c(C)s1. The van der Waals surface area contributed by atoms with Crippen LogP contribution in [-0.2, 0) is 11.2 Å². The Morgan fingerprint density at radius 1 is 1.27 bits per heavy atom. The molecule has 0 aliphatic rings. The molecule has 2 N–H and O–H groups in total. The number of benzene rings is 1. The summed E-state index contributed by atoms with van der Waals surface area (Å²) >= 11 is 1.71. The Labute approximate surface area is 133 Å². The van der Waals surface area contributed by atoms with Crippen molar-refractivity contribution < 1.29 is 14.7 Å². The van der Waals surface area contributed by atoms with Crippen LogP contribution in [0.1, 0.15) is 44.2 Å². The van der Waals surface area contributed by atoms with Gasteiger partial charge in [0.25, 0.3) is 5.91 Å². The third kappa shape index (κ3) is 3.95. The summed E-state index contributed by atoms with van der Waals surface area (Å²) in [5.74, 6) is -1.10. The second kappa shape index (κ2) is 6.75. The van der Waals surface area contributed by atoms with Crippen LogP contribution in [0.2, 0.25) is 0 Å². The molecule has 4 nitrogen and oxygen atoms in total. The third-order valence-corrected chi connectivity index (χ3v) is 4.42. The van der Waals surface area contributed by atoms with Gasteiger partial charge < -0.3 is 10.4 Å². The fourth-order valence-electron chi connectivity index (χ4n) is 2.44. The van der Waals surface area contributed by atoms with E-state index in [2.05, 4.69) is 11.4 Å². The number of amides is 1. The van der Waals surface area contributed by atoms with Crippen LogP contribution in [0.4, 0.5) is 0 Å². The van der Waals surface area contributed by atoms with E-state index >= 15 is 0 Å². The van der Waals surface area contributed by atoms with Crippen molar-refractivity contribution in [2.24, 2.45) is 0 Å². The van der Waals surface area contributed by atoms with Gasteiger partial charge in [0.15, 0.2) is 0 Å². The summed E-state index contributed by atoms with van der Waals surface area (Å²) in [6.07, 6.45) is -0.0838. The number of carboxylic acid groups (broad SMARTS) is 1. The van der Waals surface area contributed by atoms with Gasteiger partial charge in [0, 0.05) is 15.3 Å². The number of aliphatic carboxylic acids is 1. The fraction of sp³-hybridized carbons (Fsp3) is 0.294. The Balaban J connectivity index is 2.11. The predicted molar refractivity (Wildman–Crippen MR) is 87.5 cm³/mol. The first-order chi connectivity index (χ1) is 10.4. The lowest BCUT2D eigenvalue weighted by molar-refractivity contribution is -0.136. The average molecular weight is 317 g/mol. The van der Waals surface area contributed by atoms with Gasteiger partial charge in [0.2, 0.25) is 0 Å². The maximum atomic E-state index is 12.3. The number of nitrogens with one attached hydrogen (secondary N) is 1. The topological polar surface area (TPSA) is 66.4 Å². The molecule has 1 amide bonds. The average Bonchev–Trinajstić information content (AvgIpc) is 2.77. The van der Waals surface area contributed by atoms with Gasteiger partial charge in [0.1, 0.15) is 0 Å². The number of carboxylic acids is 1. The molecule has 116 valence electrons. The molecule has 2 rings (SSSR count). The van der Waals surface area contributed by atoms with Crippen LogP contribution in [0, 0.1) is 13.8 Å². The van der Waals surface area contributed by atoms with Gasteiger partial charge in [0.05, 0.1) is 12.5 Å². The molecule has 0 saturated heterocycles. The van der Waals surface area contributed by atoms with E-state index in [1.54, 1.807) is 35.6 Å². The lowest BCUT2D eigenvalue weighted by Gasteiger charge is -2.14. The molecule has 1 aromatic heterocycles. The highest BCUT2D eigenvalue weighted by Crippen LogP contribution is 2.26. The lowest BCUT2D eigenvalue weighted by atomic mass is 10.1.